The van der Waals surface area contributed by atoms with Gasteiger partial charge in [0.2, 0.25) is 0 Å². The summed E-state index contributed by atoms with van der Waals surface area (Å²) in [6, 6.07) is 8.25. The van der Waals surface area contributed by atoms with Crippen molar-refractivity contribution >= 4 is 11.9 Å². The smallest absolute Gasteiger partial charge is 0.309 e. The predicted molar refractivity (Wildman–Crippen MR) is 78.5 cm³/mol. The molecule has 1 fully saturated rings. The molecule has 0 unspecified atom stereocenters. The molecule has 0 saturated heterocycles. The zero-order valence-corrected chi connectivity index (χ0v) is 12.3. The van der Waals surface area contributed by atoms with Crippen LogP contribution in [-0.4, -0.2) is 18.0 Å². The first kappa shape index (κ1) is 14.1. The fourth-order valence-corrected chi connectivity index (χ4v) is 2.84. The summed E-state index contributed by atoms with van der Waals surface area (Å²) < 4.78 is 5.21. The molecule has 0 heterocycles. The van der Waals surface area contributed by atoms with E-state index >= 15 is 0 Å². The summed E-state index contributed by atoms with van der Waals surface area (Å²) in [5.74, 6) is -0.414. The second-order valence-corrected chi connectivity index (χ2v) is 6.01. The number of amides is 1. The summed E-state index contributed by atoms with van der Waals surface area (Å²) in [7, 11) is 0. The Morgan fingerprint density at radius 1 is 1.24 bits per heavy atom. The zero-order chi connectivity index (χ0) is 14.8. The lowest BCUT2D eigenvalue weighted by atomic mass is 9.87. The van der Waals surface area contributed by atoms with Gasteiger partial charge in [-0.05, 0) is 50.2 Å². The molecule has 0 radical (unpaired) electrons. The second-order valence-electron chi connectivity index (χ2n) is 6.01. The highest BCUT2D eigenvalue weighted by molar-refractivity contribution is 5.84. The van der Waals surface area contributed by atoms with Crippen molar-refractivity contribution in [3.63, 3.8) is 0 Å². The average molecular weight is 287 g/mol. The van der Waals surface area contributed by atoms with E-state index in [4.69, 9.17) is 4.74 Å². The molecule has 1 saturated carbocycles. The molecule has 0 aliphatic heterocycles. The van der Waals surface area contributed by atoms with E-state index in [0.717, 1.165) is 32.1 Å². The van der Waals surface area contributed by atoms with Crippen LogP contribution in [0.1, 0.15) is 49.8 Å². The van der Waals surface area contributed by atoms with E-state index in [1.54, 1.807) is 6.92 Å². The summed E-state index contributed by atoms with van der Waals surface area (Å²) in [4.78, 5) is 23.8. The van der Waals surface area contributed by atoms with Crippen LogP contribution in [0.5, 0.6) is 0 Å². The maximum Gasteiger partial charge on any atom is 0.309 e. The number of hydrogen-bond donors (Lipinski definition) is 1. The van der Waals surface area contributed by atoms with Crippen LogP contribution in [0.15, 0.2) is 24.3 Å². The molecule has 2 atom stereocenters. The summed E-state index contributed by atoms with van der Waals surface area (Å²) in [5, 5.41) is 3.02. The van der Waals surface area contributed by atoms with Crippen molar-refractivity contribution in [1.29, 1.82) is 0 Å². The number of rotatable bonds is 4. The molecule has 1 N–H and O–H groups in total. The Kier molecular flexibility index (Phi) is 3.95. The number of benzene rings is 1. The molecule has 1 amide bonds. The lowest BCUT2D eigenvalue weighted by molar-refractivity contribution is -0.156. The summed E-state index contributed by atoms with van der Waals surface area (Å²) >= 11 is 0. The molecule has 3 rings (SSSR count). The first-order valence-electron chi connectivity index (χ1n) is 7.74. The highest BCUT2D eigenvalue weighted by Gasteiger charge is 2.34. The van der Waals surface area contributed by atoms with Gasteiger partial charge in [0.15, 0.2) is 6.10 Å². The fourth-order valence-electron chi connectivity index (χ4n) is 2.84. The van der Waals surface area contributed by atoms with Crippen LogP contribution in [0.4, 0.5) is 0 Å². The minimum atomic E-state index is -0.716. The molecule has 0 aromatic heterocycles. The van der Waals surface area contributed by atoms with Crippen LogP contribution in [0.25, 0.3) is 0 Å². The monoisotopic (exact) mass is 287 g/mol. The number of hydrogen-bond acceptors (Lipinski definition) is 3. The predicted octanol–water partition coefficient (Wildman–Crippen LogP) is 2.52. The van der Waals surface area contributed by atoms with Gasteiger partial charge < -0.3 is 10.1 Å². The fraction of sp³-hybridized carbons (Fsp3) is 0.529. The van der Waals surface area contributed by atoms with Gasteiger partial charge in [-0.15, -0.1) is 0 Å². The second kappa shape index (κ2) is 5.88. The first-order chi connectivity index (χ1) is 10.1. The molecular formula is C17H21NO3. The molecule has 21 heavy (non-hydrogen) atoms. The van der Waals surface area contributed by atoms with E-state index in [1.165, 1.54) is 11.1 Å². The van der Waals surface area contributed by atoms with E-state index in [0.29, 0.717) is 0 Å². The molecule has 4 nitrogen and oxygen atoms in total. The van der Waals surface area contributed by atoms with E-state index in [1.807, 2.05) is 12.1 Å². The molecule has 4 heteroatoms. The molecule has 112 valence electrons. The van der Waals surface area contributed by atoms with Crippen molar-refractivity contribution in [2.75, 3.05) is 0 Å². The molecule has 1 aromatic rings. The maximum atomic E-state index is 12.2. The lowest BCUT2D eigenvalue weighted by Gasteiger charge is -2.27. The van der Waals surface area contributed by atoms with Crippen molar-refractivity contribution in [3.8, 4) is 0 Å². The van der Waals surface area contributed by atoms with Crippen LogP contribution < -0.4 is 5.32 Å². The summed E-state index contributed by atoms with van der Waals surface area (Å²) in [6.07, 6.45) is 4.14. The number of nitrogens with one attached hydrogen (secondary N) is 1. The van der Waals surface area contributed by atoms with Crippen LogP contribution in [0.2, 0.25) is 0 Å². The van der Waals surface area contributed by atoms with Crippen molar-refractivity contribution in [1.82, 2.24) is 5.32 Å². The number of aryl methyl sites for hydroxylation is 1. The largest absolute Gasteiger partial charge is 0.452 e. The van der Waals surface area contributed by atoms with Gasteiger partial charge in [-0.1, -0.05) is 24.3 Å². The van der Waals surface area contributed by atoms with E-state index in [2.05, 4.69) is 17.4 Å². The normalized spacial score (nSPS) is 22.0. The SMILES string of the molecule is C[C@H](OC(=O)C1CC1)C(=O)N[C@@H]1CCCc2ccccc21. The Balaban J connectivity index is 1.61. The van der Waals surface area contributed by atoms with Crippen molar-refractivity contribution in [2.24, 2.45) is 5.92 Å². The molecule has 2 aliphatic carbocycles. The number of carbonyl (C=O) groups is 2. The first-order valence-corrected chi connectivity index (χ1v) is 7.74. The Morgan fingerprint density at radius 3 is 2.76 bits per heavy atom. The van der Waals surface area contributed by atoms with Gasteiger partial charge in [-0.3, -0.25) is 9.59 Å². The van der Waals surface area contributed by atoms with E-state index in [-0.39, 0.29) is 23.8 Å². The molecular weight excluding hydrogens is 266 g/mol. The number of esters is 1. The maximum absolute atomic E-state index is 12.2. The summed E-state index contributed by atoms with van der Waals surface area (Å²) in [6.45, 7) is 1.64. The van der Waals surface area contributed by atoms with E-state index in [9.17, 15) is 9.59 Å². The van der Waals surface area contributed by atoms with Crippen molar-refractivity contribution < 1.29 is 14.3 Å². The minimum absolute atomic E-state index is 0.0238. The van der Waals surface area contributed by atoms with Gasteiger partial charge in [0.25, 0.3) is 5.91 Å². The topological polar surface area (TPSA) is 55.4 Å². The third kappa shape index (κ3) is 3.26. The van der Waals surface area contributed by atoms with Crippen LogP contribution >= 0.6 is 0 Å². The molecule has 0 spiro atoms. The van der Waals surface area contributed by atoms with Gasteiger partial charge in [0.1, 0.15) is 0 Å². The lowest BCUT2D eigenvalue weighted by Crippen LogP contribution is -2.39. The van der Waals surface area contributed by atoms with Gasteiger partial charge >= 0.3 is 5.97 Å². The van der Waals surface area contributed by atoms with Gasteiger partial charge in [0.05, 0.1) is 12.0 Å². The standard InChI is InChI=1S/C17H21NO3/c1-11(21-17(20)13-9-10-13)16(19)18-15-8-4-6-12-5-2-3-7-14(12)15/h2-3,5,7,11,13,15H,4,6,8-10H2,1H3,(H,18,19)/t11-,15+/m0/s1. The van der Waals surface area contributed by atoms with Crippen LogP contribution in [0.3, 0.4) is 0 Å². The summed E-state index contributed by atoms with van der Waals surface area (Å²) in [5.41, 5.74) is 2.49. The zero-order valence-electron chi connectivity index (χ0n) is 12.3. The molecule has 2 aliphatic rings. The number of carbonyl (C=O) groups excluding carboxylic acids is 2. The molecule has 0 bridgehead atoms. The third-order valence-electron chi connectivity index (χ3n) is 4.26. The Bertz CT molecular complexity index is 551. The average Bonchev–Trinajstić information content (AvgIpc) is 3.32. The molecule has 1 aromatic carbocycles. The van der Waals surface area contributed by atoms with E-state index < -0.39 is 6.10 Å². The number of ether oxygens (including phenoxy) is 1. The van der Waals surface area contributed by atoms with Crippen molar-refractivity contribution in [3.05, 3.63) is 35.4 Å². The van der Waals surface area contributed by atoms with Gasteiger partial charge in [-0.2, -0.15) is 0 Å². The van der Waals surface area contributed by atoms with Crippen LogP contribution in [-0.2, 0) is 20.7 Å². The van der Waals surface area contributed by atoms with Crippen molar-refractivity contribution in [2.45, 2.75) is 51.2 Å². The van der Waals surface area contributed by atoms with Crippen LogP contribution in [0, 0.1) is 5.92 Å². The quantitative estimate of drug-likeness (QED) is 0.866. The van der Waals surface area contributed by atoms with Gasteiger partial charge in [0, 0.05) is 0 Å². The third-order valence-corrected chi connectivity index (χ3v) is 4.26. The van der Waals surface area contributed by atoms with Gasteiger partial charge in [-0.25, -0.2) is 0 Å². The highest BCUT2D eigenvalue weighted by Crippen LogP contribution is 2.31. The Hall–Kier alpha value is -1.84. The Morgan fingerprint density at radius 2 is 2.00 bits per heavy atom. The highest BCUT2D eigenvalue weighted by atomic mass is 16.5. The Labute approximate surface area is 124 Å². The number of fused-ring (bicyclic) bond motifs is 1. The minimum Gasteiger partial charge on any atom is -0.452 e.